The van der Waals surface area contributed by atoms with Crippen LogP contribution in [0.15, 0.2) is 0 Å². The van der Waals surface area contributed by atoms with Crippen LogP contribution in [0.25, 0.3) is 0 Å². The third-order valence-corrected chi connectivity index (χ3v) is 2.19. The van der Waals surface area contributed by atoms with E-state index in [9.17, 15) is 18.0 Å². The zero-order valence-electron chi connectivity index (χ0n) is 6.39. The monoisotopic (exact) mass is 202 g/mol. The highest BCUT2D eigenvalue weighted by Gasteiger charge is 2.37. The minimum absolute atomic E-state index is 0.0260. The van der Waals surface area contributed by atoms with Crippen LogP contribution in [0, 0.1) is 0 Å². The molecule has 1 atom stereocenters. The maximum atomic E-state index is 12.4. The summed E-state index contributed by atoms with van der Waals surface area (Å²) in [7, 11) is 0. The van der Waals surface area contributed by atoms with Gasteiger partial charge in [0.05, 0.1) is 6.42 Å². The summed E-state index contributed by atoms with van der Waals surface area (Å²) >= 11 is 0.0260. The van der Waals surface area contributed by atoms with Crippen LogP contribution in [0.2, 0.25) is 0 Å². The summed E-state index contributed by atoms with van der Waals surface area (Å²) in [4.78, 5) is 9.90. The number of aliphatic carboxylic acids is 1. The number of hydrogen-bond acceptors (Lipinski definition) is 2. The highest BCUT2D eigenvalue weighted by Crippen LogP contribution is 2.34. The van der Waals surface area contributed by atoms with Gasteiger partial charge in [0.2, 0.25) is 0 Å². The van der Waals surface area contributed by atoms with Gasteiger partial charge in [-0.1, -0.05) is 11.8 Å². The minimum atomic E-state index is -3.48. The molecule has 0 aliphatic rings. The largest absolute Gasteiger partial charge is 0.481 e. The zero-order chi connectivity index (χ0) is 9.78. The van der Waals surface area contributed by atoms with E-state index in [1.54, 1.807) is 0 Å². The second kappa shape index (κ2) is 4.59. The molecule has 0 amide bonds. The fraction of sp³-hybridized carbons (Fsp3) is 0.833. The van der Waals surface area contributed by atoms with E-state index in [1.165, 1.54) is 0 Å². The van der Waals surface area contributed by atoms with Crippen molar-refractivity contribution in [3.05, 3.63) is 0 Å². The molecule has 0 bridgehead atoms. The summed E-state index contributed by atoms with van der Waals surface area (Å²) in [5.41, 5.74) is 0. The van der Waals surface area contributed by atoms with Gasteiger partial charge in [-0.05, 0) is 6.92 Å². The van der Waals surface area contributed by atoms with Gasteiger partial charge in [-0.25, -0.2) is 4.39 Å². The highest BCUT2D eigenvalue weighted by atomic mass is 32.2. The molecule has 2 nitrogen and oxygen atoms in total. The Morgan fingerprint density at radius 2 is 2.17 bits per heavy atom. The first-order valence-corrected chi connectivity index (χ1v) is 4.22. The fourth-order valence-corrected chi connectivity index (χ4v) is 1.17. The van der Waals surface area contributed by atoms with E-state index < -0.39 is 17.4 Å². The molecule has 0 saturated carbocycles. The summed E-state index contributed by atoms with van der Waals surface area (Å²) in [5, 5.41) is 4.62. The quantitative estimate of drug-likeness (QED) is 0.742. The topological polar surface area (TPSA) is 37.3 Å². The number of thioether (sulfide) groups is 1. The van der Waals surface area contributed by atoms with Crippen LogP contribution in [0.4, 0.5) is 13.2 Å². The summed E-state index contributed by atoms with van der Waals surface area (Å²) < 4.78 is 36.9. The van der Waals surface area contributed by atoms with Gasteiger partial charge >= 0.3 is 11.2 Å². The van der Waals surface area contributed by atoms with E-state index in [4.69, 9.17) is 5.11 Å². The maximum Gasteiger partial charge on any atom is 0.324 e. The molecule has 0 saturated heterocycles. The molecule has 0 radical (unpaired) electrons. The molecule has 0 rings (SSSR count). The lowest BCUT2D eigenvalue weighted by Crippen LogP contribution is -2.23. The van der Waals surface area contributed by atoms with Gasteiger partial charge in [-0.2, -0.15) is 8.78 Å². The molecular weight excluding hydrogens is 193 g/mol. The number of carboxylic acids is 1. The van der Waals surface area contributed by atoms with Crippen LogP contribution in [0.1, 0.15) is 13.3 Å². The van der Waals surface area contributed by atoms with Gasteiger partial charge in [0.15, 0.2) is 6.17 Å². The van der Waals surface area contributed by atoms with Gasteiger partial charge in [0.25, 0.3) is 0 Å². The first-order valence-electron chi connectivity index (χ1n) is 3.24. The van der Waals surface area contributed by atoms with Crippen molar-refractivity contribution in [1.82, 2.24) is 0 Å². The molecule has 0 spiro atoms. The Bertz CT molecular complexity index is 161. The summed E-state index contributed by atoms with van der Waals surface area (Å²) in [6.45, 7) is 0.744. The number of alkyl halides is 3. The normalized spacial score (nSPS) is 14.3. The molecule has 0 aliphatic carbocycles. The zero-order valence-corrected chi connectivity index (χ0v) is 7.21. The molecule has 0 fully saturated rings. The fourth-order valence-electron chi connectivity index (χ4n) is 0.389. The van der Waals surface area contributed by atoms with Gasteiger partial charge in [0.1, 0.15) is 0 Å². The second-order valence-electron chi connectivity index (χ2n) is 2.17. The SMILES string of the molecule is CC(F)C(F)(F)SCCC(=O)O. The average Bonchev–Trinajstić information content (AvgIpc) is 1.85. The van der Waals surface area contributed by atoms with E-state index in [-0.39, 0.29) is 23.9 Å². The molecule has 12 heavy (non-hydrogen) atoms. The van der Waals surface area contributed by atoms with Crippen LogP contribution in [-0.4, -0.2) is 28.3 Å². The Labute approximate surface area is 72.1 Å². The van der Waals surface area contributed by atoms with Crippen LogP contribution in [0.5, 0.6) is 0 Å². The molecule has 0 aromatic carbocycles. The van der Waals surface area contributed by atoms with Crippen molar-refractivity contribution in [2.45, 2.75) is 24.8 Å². The number of hydrogen-bond donors (Lipinski definition) is 1. The molecular formula is C6H9F3O2S. The van der Waals surface area contributed by atoms with Crippen molar-refractivity contribution in [2.75, 3.05) is 5.75 Å². The first kappa shape index (κ1) is 11.6. The predicted octanol–water partition coefficient (Wildman–Crippen LogP) is 2.15. The van der Waals surface area contributed by atoms with Crippen molar-refractivity contribution < 1.29 is 23.1 Å². The van der Waals surface area contributed by atoms with E-state index >= 15 is 0 Å². The summed E-state index contributed by atoms with van der Waals surface area (Å²) in [5.74, 6) is -1.44. The lowest BCUT2D eigenvalue weighted by Gasteiger charge is -2.15. The molecule has 0 aromatic rings. The molecule has 0 aromatic heterocycles. The molecule has 1 unspecified atom stereocenters. The number of rotatable bonds is 5. The lowest BCUT2D eigenvalue weighted by molar-refractivity contribution is -0.136. The summed E-state index contributed by atoms with van der Waals surface area (Å²) in [6, 6.07) is 0. The van der Waals surface area contributed by atoms with E-state index in [2.05, 4.69) is 0 Å². The predicted molar refractivity (Wildman–Crippen MR) is 40.2 cm³/mol. The summed E-state index contributed by atoms with van der Waals surface area (Å²) in [6.07, 6.45) is -2.64. The van der Waals surface area contributed by atoms with E-state index in [0.29, 0.717) is 0 Å². The number of carbonyl (C=O) groups is 1. The van der Waals surface area contributed by atoms with Gasteiger partial charge in [-0.15, -0.1) is 0 Å². The van der Waals surface area contributed by atoms with Gasteiger partial charge in [0, 0.05) is 5.75 Å². The minimum Gasteiger partial charge on any atom is -0.481 e. The second-order valence-corrected chi connectivity index (χ2v) is 3.41. The lowest BCUT2D eigenvalue weighted by atomic mass is 10.5. The van der Waals surface area contributed by atoms with Crippen LogP contribution < -0.4 is 0 Å². The van der Waals surface area contributed by atoms with Crippen molar-refractivity contribution in [3.63, 3.8) is 0 Å². The Hall–Kier alpha value is -0.390. The van der Waals surface area contributed by atoms with Crippen molar-refractivity contribution in [3.8, 4) is 0 Å². The average molecular weight is 202 g/mol. The third-order valence-electron chi connectivity index (χ3n) is 1.07. The van der Waals surface area contributed by atoms with Gasteiger partial charge < -0.3 is 5.11 Å². The van der Waals surface area contributed by atoms with Crippen molar-refractivity contribution >= 4 is 17.7 Å². The van der Waals surface area contributed by atoms with Gasteiger partial charge in [-0.3, -0.25) is 4.79 Å². The van der Waals surface area contributed by atoms with E-state index in [0.717, 1.165) is 6.92 Å². The molecule has 0 heterocycles. The van der Waals surface area contributed by atoms with Crippen LogP contribution in [0.3, 0.4) is 0 Å². The highest BCUT2D eigenvalue weighted by molar-refractivity contribution is 8.00. The maximum absolute atomic E-state index is 12.4. The Balaban J connectivity index is 3.69. The molecule has 0 aliphatic heterocycles. The number of carboxylic acid groups (broad SMARTS) is 1. The Morgan fingerprint density at radius 3 is 2.50 bits per heavy atom. The molecule has 6 heteroatoms. The van der Waals surface area contributed by atoms with Crippen molar-refractivity contribution in [2.24, 2.45) is 0 Å². The Morgan fingerprint density at radius 1 is 1.67 bits per heavy atom. The van der Waals surface area contributed by atoms with E-state index in [1.807, 2.05) is 0 Å². The molecule has 1 N–H and O–H groups in total. The third kappa shape index (κ3) is 4.48. The first-order chi connectivity index (χ1) is 5.36. The van der Waals surface area contributed by atoms with Crippen LogP contribution >= 0.6 is 11.8 Å². The van der Waals surface area contributed by atoms with Crippen LogP contribution in [-0.2, 0) is 4.79 Å². The van der Waals surface area contributed by atoms with Crippen molar-refractivity contribution in [1.29, 1.82) is 0 Å². The number of halogens is 3. The standard InChI is InChI=1S/C6H9F3O2S/c1-4(7)6(8,9)12-3-2-5(10)11/h4H,2-3H2,1H3,(H,10,11). The Kier molecular flexibility index (Phi) is 4.44. The smallest absolute Gasteiger partial charge is 0.324 e. The molecule has 72 valence electrons.